The first-order chi connectivity index (χ1) is 7.33. The zero-order valence-electron chi connectivity index (χ0n) is 9.70. The first-order valence-electron chi connectivity index (χ1n) is 5.65. The first kappa shape index (κ1) is 12.2. The Morgan fingerprint density at radius 3 is 2.40 bits per heavy atom. The number of benzene rings is 1. The summed E-state index contributed by atoms with van der Waals surface area (Å²) in [5.74, 6) is 0. The highest BCUT2D eigenvalue weighted by molar-refractivity contribution is 5.11. The largest absolute Gasteiger partial charge is 0.379 e. The average molecular weight is 207 g/mol. The van der Waals surface area contributed by atoms with Gasteiger partial charge >= 0.3 is 0 Å². The van der Waals surface area contributed by atoms with Crippen molar-refractivity contribution >= 4 is 0 Å². The fraction of sp³-hybridized carbons (Fsp3) is 0.538. The second kappa shape index (κ2) is 7.43. The Kier molecular flexibility index (Phi) is 6.05. The number of rotatable bonds is 1. The second-order valence-corrected chi connectivity index (χ2v) is 3.79. The maximum absolute atomic E-state index is 5.21. The Labute approximate surface area is 92.6 Å². The van der Waals surface area contributed by atoms with Crippen LogP contribution in [0.15, 0.2) is 30.3 Å². The lowest BCUT2D eigenvalue weighted by Gasteiger charge is -2.21. The molecule has 1 aromatic rings. The molecule has 0 radical (unpaired) electrons. The van der Waals surface area contributed by atoms with E-state index in [-0.39, 0.29) is 0 Å². The number of hydrogen-bond donors (Lipinski definition) is 1. The molecule has 0 aliphatic carbocycles. The number of morpholine rings is 1. The topological polar surface area (TPSA) is 21.3 Å². The van der Waals surface area contributed by atoms with Crippen LogP contribution in [0.5, 0.6) is 0 Å². The summed E-state index contributed by atoms with van der Waals surface area (Å²) in [5, 5.41) is 3.34. The molecule has 1 N–H and O–H groups in total. The predicted octanol–water partition coefficient (Wildman–Crippen LogP) is 2.38. The van der Waals surface area contributed by atoms with E-state index < -0.39 is 0 Å². The monoisotopic (exact) mass is 207 g/mol. The highest BCUT2D eigenvalue weighted by Crippen LogP contribution is 1.95. The lowest BCUT2D eigenvalue weighted by atomic mass is 10.2. The lowest BCUT2D eigenvalue weighted by molar-refractivity contribution is 0.0758. The molecule has 1 saturated heterocycles. The molecule has 1 fully saturated rings. The maximum atomic E-state index is 5.21. The third-order valence-corrected chi connectivity index (χ3v) is 2.43. The molecule has 0 saturated carbocycles. The Morgan fingerprint density at radius 2 is 2.07 bits per heavy atom. The summed E-state index contributed by atoms with van der Waals surface area (Å²) in [7, 11) is 0. The van der Waals surface area contributed by atoms with Crippen molar-refractivity contribution in [3.63, 3.8) is 0 Å². The predicted molar refractivity (Wildman–Crippen MR) is 64.1 cm³/mol. The molecule has 1 aromatic carbocycles. The molecule has 1 heterocycles. The molecule has 1 atom stereocenters. The third kappa shape index (κ3) is 5.55. The van der Waals surface area contributed by atoms with Crippen LogP contribution in [0.25, 0.3) is 0 Å². The minimum absolute atomic E-state index is 0.615. The van der Waals surface area contributed by atoms with E-state index in [4.69, 9.17) is 4.74 Å². The number of hydrogen-bond acceptors (Lipinski definition) is 2. The second-order valence-electron chi connectivity index (χ2n) is 3.79. The standard InChI is InChI=1S/C7H8.C6H13NO/c1-7-5-3-2-4-6-7;1-2-6-5-8-4-3-7-6/h2-6H,1H3;6-7H,2-5H2,1H3. The van der Waals surface area contributed by atoms with Crippen molar-refractivity contribution < 1.29 is 4.74 Å². The number of ether oxygens (including phenoxy) is 1. The molecular weight excluding hydrogens is 186 g/mol. The van der Waals surface area contributed by atoms with Gasteiger partial charge < -0.3 is 10.1 Å². The van der Waals surface area contributed by atoms with Crippen LogP contribution in [-0.2, 0) is 4.74 Å². The summed E-state index contributed by atoms with van der Waals surface area (Å²) >= 11 is 0. The van der Waals surface area contributed by atoms with Gasteiger partial charge in [0.2, 0.25) is 0 Å². The van der Waals surface area contributed by atoms with Crippen molar-refractivity contribution in [3.05, 3.63) is 35.9 Å². The highest BCUT2D eigenvalue weighted by atomic mass is 16.5. The van der Waals surface area contributed by atoms with E-state index in [0.29, 0.717) is 6.04 Å². The molecule has 2 rings (SSSR count). The van der Waals surface area contributed by atoms with Crippen molar-refractivity contribution in [2.24, 2.45) is 0 Å². The minimum Gasteiger partial charge on any atom is -0.379 e. The van der Waals surface area contributed by atoms with E-state index in [9.17, 15) is 0 Å². The highest BCUT2D eigenvalue weighted by Gasteiger charge is 2.08. The SMILES string of the molecule is CCC1COCCN1.Cc1ccccc1. The van der Waals surface area contributed by atoms with Gasteiger partial charge in [0.25, 0.3) is 0 Å². The van der Waals surface area contributed by atoms with Crippen molar-refractivity contribution in [3.8, 4) is 0 Å². The fourth-order valence-corrected chi connectivity index (χ4v) is 1.42. The van der Waals surface area contributed by atoms with Crippen LogP contribution in [0, 0.1) is 6.92 Å². The molecule has 84 valence electrons. The molecule has 2 nitrogen and oxygen atoms in total. The van der Waals surface area contributed by atoms with Crippen LogP contribution < -0.4 is 5.32 Å². The van der Waals surface area contributed by atoms with Crippen molar-refractivity contribution in [1.82, 2.24) is 5.32 Å². The molecule has 1 unspecified atom stereocenters. The minimum atomic E-state index is 0.615. The van der Waals surface area contributed by atoms with E-state index >= 15 is 0 Å². The average Bonchev–Trinajstić information content (AvgIpc) is 2.32. The summed E-state index contributed by atoms with van der Waals surface area (Å²) in [6.07, 6.45) is 1.18. The summed E-state index contributed by atoms with van der Waals surface area (Å²) in [6, 6.07) is 10.9. The summed E-state index contributed by atoms with van der Waals surface area (Å²) in [5.41, 5.74) is 1.32. The Bertz CT molecular complexity index is 242. The Morgan fingerprint density at radius 1 is 1.33 bits per heavy atom. The van der Waals surface area contributed by atoms with Crippen LogP contribution in [0.1, 0.15) is 18.9 Å². The summed E-state index contributed by atoms with van der Waals surface area (Å²) in [4.78, 5) is 0. The Hall–Kier alpha value is -0.860. The van der Waals surface area contributed by atoms with E-state index in [1.54, 1.807) is 0 Å². The van der Waals surface area contributed by atoms with E-state index in [0.717, 1.165) is 19.8 Å². The molecule has 0 bridgehead atoms. The van der Waals surface area contributed by atoms with Gasteiger partial charge in [0.05, 0.1) is 13.2 Å². The van der Waals surface area contributed by atoms with Gasteiger partial charge in [-0.15, -0.1) is 0 Å². The molecular formula is C13H21NO. The number of aryl methyl sites for hydroxylation is 1. The third-order valence-electron chi connectivity index (χ3n) is 2.43. The van der Waals surface area contributed by atoms with Crippen LogP contribution in [-0.4, -0.2) is 25.8 Å². The van der Waals surface area contributed by atoms with E-state index in [1.165, 1.54) is 12.0 Å². The molecule has 0 spiro atoms. The van der Waals surface area contributed by atoms with Gasteiger partial charge in [-0.3, -0.25) is 0 Å². The normalized spacial score (nSPS) is 20.3. The lowest BCUT2D eigenvalue weighted by Crippen LogP contribution is -2.40. The van der Waals surface area contributed by atoms with Crippen molar-refractivity contribution in [2.75, 3.05) is 19.8 Å². The van der Waals surface area contributed by atoms with Gasteiger partial charge in [0.15, 0.2) is 0 Å². The Balaban J connectivity index is 0.000000151. The fourth-order valence-electron chi connectivity index (χ4n) is 1.42. The molecule has 2 heteroatoms. The number of nitrogens with one attached hydrogen (secondary N) is 1. The van der Waals surface area contributed by atoms with Crippen LogP contribution in [0.4, 0.5) is 0 Å². The van der Waals surface area contributed by atoms with Gasteiger partial charge in [0.1, 0.15) is 0 Å². The molecule has 1 aliphatic heterocycles. The maximum Gasteiger partial charge on any atom is 0.0620 e. The van der Waals surface area contributed by atoms with Gasteiger partial charge in [-0.1, -0.05) is 42.8 Å². The van der Waals surface area contributed by atoms with Crippen LogP contribution in [0.3, 0.4) is 0 Å². The quantitative estimate of drug-likeness (QED) is 0.763. The van der Waals surface area contributed by atoms with E-state index in [1.807, 2.05) is 18.2 Å². The van der Waals surface area contributed by atoms with Gasteiger partial charge in [0, 0.05) is 12.6 Å². The van der Waals surface area contributed by atoms with E-state index in [2.05, 4.69) is 31.3 Å². The smallest absolute Gasteiger partial charge is 0.0620 e. The summed E-state index contributed by atoms with van der Waals surface area (Å²) < 4.78 is 5.21. The first-order valence-corrected chi connectivity index (χ1v) is 5.65. The van der Waals surface area contributed by atoms with Crippen molar-refractivity contribution in [2.45, 2.75) is 26.3 Å². The van der Waals surface area contributed by atoms with Gasteiger partial charge in [-0.2, -0.15) is 0 Å². The van der Waals surface area contributed by atoms with Crippen molar-refractivity contribution in [1.29, 1.82) is 0 Å². The molecule has 1 aliphatic rings. The molecule has 15 heavy (non-hydrogen) atoms. The zero-order valence-corrected chi connectivity index (χ0v) is 9.70. The summed E-state index contributed by atoms with van der Waals surface area (Å²) in [6.45, 7) is 7.07. The van der Waals surface area contributed by atoms with Gasteiger partial charge in [-0.05, 0) is 13.3 Å². The zero-order chi connectivity index (χ0) is 10.9. The van der Waals surface area contributed by atoms with Gasteiger partial charge in [-0.25, -0.2) is 0 Å². The van der Waals surface area contributed by atoms with Crippen LogP contribution >= 0.6 is 0 Å². The molecule has 0 aromatic heterocycles. The molecule has 0 amide bonds. The van der Waals surface area contributed by atoms with Crippen LogP contribution in [0.2, 0.25) is 0 Å².